The van der Waals surface area contributed by atoms with Crippen LogP contribution in [0.2, 0.25) is 0 Å². The molecule has 1 fully saturated rings. The number of thiazole rings is 1. The summed E-state index contributed by atoms with van der Waals surface area (Å²) in [5, 5.41) is 6.67. The van der Waals surface area contributed by atoms with Crippen LogP contribution in [0.15, 0.2) is 10.4 Å². The zero-order valence-electron chi connectivity index (χ0n) is 16.3. The topological polar surface area (TPSA) is 53.0 Å². The molecule has 0 spiro atoms. The van der Waals surface area contributed by atoms with Gasteiger partial charge in [0.2, 0.25) is 0 Å². The average Bonchev–Trinajstić information content (AvgIpc) is 3.10. The number of guanidine groups is 1. The quantitative estimate of drug-likeness (QED) is 0.593. The number of rotatable bonds is 7. The smallest absolute Gasteiger partial charge is 0.193 e. The lowest BCUT2D eigenvalue weighted by molar-refractivity contribution is 0.119. The van der Waals surface area contributed by atoms with Crippen molar-refractivity contribution in [1.29, 1.82) is 0 Å². The lowest BCUT2D eigenvalue weighted by atomic mass is 9.98. The fraction of sp³-hybridized carbons (Fsp3) is 0.778. The molecule has 1 aromatic rings. The number of aliphatic imine (C=N–C) groups is 1. The molecule has 1 aliphatic rings. The Labute approximate surface area is 156 Å². The summed E-state index contributed by atoms with van der Waals surface area (Å²) >= 11 is 1.65. The Morgan fingerprint density at radius 1 is 1.60 bits per heavy atom. The summed E-state index contributed by atoms with van der Waals surface area (Å²) in [7, 11) is 5.62. The summed E-state index contributed by atoms with van der Waals surface area (Å²) in [6.07, 6.45) is 2.65. The second kappa shape index (κ2) is 10.1. The van der Waals surface area contributed by atoms with Gasteiger partial charge in [-0.3, -0.25) is 4.99 Å². The fourth-order valence-electron chi connectivity index (χ4n) is 3.23. The predicted octanol–water partition coefficient (Wildman–Crippen LogP) is 2.59. The molecule has 2 unspecified atom stereocenters. The van der Waals surface area contributed by atoms with E-state index in [0.717, 1.165) is 36.3 Å². The number of hydrogen-bond acceptors (Lipinski definition) is 5. The number of nitrogens with one attached hydrogen (secondary N) is 1. The lowest BCUT2D eigenvalue weighted by Gasteiger charge is -2.32. The van der Waals surface area contributed by atoms with Gasteiger partial charge in [-0.25, -0.2) is 4.98 Å². The standard InChI is InChI=1S/C18H33N5OS/c1-6-23-9-7-8-15(11-23)10-20-18(19-3)22(4)12-16-13-25-17(21-16)14(2)24-5/h13-15H,6-12H2,1-5H3,(H,19,20). The first kappa shape index (κ1) is 20.1. The molecular weight excluding hydrogens is 334 g/mol. The van der Waals surface area contributed by atoms with Gasteiger partial charge in [-0.15, -0.1) is 11.3 Å². The van der Waals surface area contributed by atoms with Gasteiger partial charge in [0.15, 0.2) is 5.96 Å². The highest BCUT2D eigenvalue weighted by Crippen LogP contribution is 2.21. The third-order valence-corrected chi connectivity index (χ3v) is 5.90. The van der Waals surface area contributed by atoms with E-state index in [4.69, 9.17) is 4.74 Å². The Kier molecular flexibility index (Phi) is 8.12. The summed E-state index contributed by atoms with van der Waals surface area (Å²) in [5.74, 6) is 1.63. The first-order chi connectivity index (χ1) is 12.1. The van der Waals surface area contributed by atoms with Gasteiger partial charge >= 0.3 is 0 Å². The van der Waals surface area contributed by atoms with Crippen molar-refractivity contribution in [3.8, 4) is 0 Å². The number of likely N-dealkylation sites (tertiary alicyclic amines) is 1. The van der Waals surface area contributed by atoms with Crippen LogP contribution in [-0.4, -0.2) is 68.1 Å². The Morgan fingerprint density at radius 3 is 3.08 bits per heavy atom. The monoisotopic (exact) mass is 367 g/mol. The molecule has 1 N–H and O–H groups in total. The molecule has 2 heterocycles. The third-order valence-electron chi connectivity index (χ3n) is 4.84. The fourth-order valence-corrected chi connectivity index (χ4v) is 4.07. The molecule has 0 aromatic carbocycles. The van der Waals surface area contributed by atoms with E-state index in [1.807, 2.05) is 14.0 Å². The van der Waals surface area contributed by atoms with Gasteiger partial charge in [0.05, 0.1) is 12.2 Å². The van der Waals surface area contributed by atoms with Crippen LogP contribution in [0.25, 0.3) is 0 Å². The summed E-state index contributed by atoms with van der Waals surface area (Å²) in [6.45, 7) is 9.58. The lowest BCUT2D eigenvalue weighted by Crippen LogP contribution is -2.44. The van der Waals surface area contributed by atoms with Crippen LogP contribution in [0.4, 0.5) is 0 Å². The largest absolute Gasteiger partial charge is 0.375 e. The van der Waals surface area contributed by atoms with Crippen molar-refractivity contribution in [2.45, 2.75) is 39.3 Å². The first-order valence-corrected chi connectivity index (χ1v) is 10.1. The zero-order chi connectivity index (χ0) is 18.2. The highest BCUT2D eigenvalue weighted by Gasteiger charge is 2.19. The van der Waals surface area contributed by atoms with Crippen molar-refractivity contribution in [1.82, 2.24) is 20.1 Å². The van der Waals surface area contributed by atoms with E-state index in [0.29, 0.717) is 5.92 Å². The Morgan fingerprint density at radius 2 is 2.40 bits per heavy atom. The Balaban J connectivity index is 1.84. The normalized spacial score (nSPS) is 20.5. The van der Waals surface area contributed by atoms with Crippen molar-refractivity contribution in [3.05, 3.63) is 16.1 Å². The number of aromatic nitrogens is 1. The van der Waals surface area contributed by atoms with Gasteiger partial charge in [0.25, 0.3) is 0 Å². The van der Waals surface area contributed by atoms with E-state index in [2.05, 4.69) is 44.4 Å². The minimum absolute atomic E-state index is 0.0503. The van der Waals surface area contributed by atoms with Gasteiger partial charge < -0.3 is 19.9 Å². The summed E-state index contributed by atoms with van der Waals surface area (Å²) < 4.78 is 5.34. The molecule has 0 bridgehead atoms. The molecular formula is C18H33N5OS. The molecule has 25 heavy (non-hydrogen) atoms. The van der Waals surface area contributed by atoms with Crippen molar-refractivity contribution in [3.63, 3.8) is 0 Å². The molecule has 142 valence electrons. The summed E-state index contributed by atoms with van der Waals surface area (Å²) in [5.41, 5.74) is 1.06. The summed E-state index contributed by atoms with van der Waals surface area (Å²) in [4.78, 5) is 13.8. The van der Waals surface area contributed by atoms with E-state index >= 15 is 0 Å². The Hall–Kier alpha value is -1.18. The van der Waals surface area contributed by atoms with Crippen LogP contribution in [0.5, 0.6) is 0 Å². The molecule has 2 atom stereocenters. The van der Waals surface area contributed by atoms with Crippen LogP contribution in [-0.2, 0) is 11.3 Å². The number of ether oxygens (including phenoxy) is 1. The molecule has 0 radical (unpaired) electrons. The molecule has 7 heteroatoms. The van der Waals surface area contributed by atoms with Gasteiger partial charge in [0.1, 0.15) is 11.1 Å². The zero-order valence-corrected chi connectivity index (χ0v) is 17.1. The van der Waals surface area contributed by atoms with E-state index in [9.17, 15) is 0 Å². The second-order valence-corrected chi connectivity index (χ2v) is 7.63. The van der Waals surface area contributed by atoms with Crippen molar-refractivity contribution >= 4 is 17.3 Å². The van der Waals surface area contributed by atoms with Crippen molar-refractivity contribution < 1.29 is 4.74 Å². The third kappa shape index (κ3) is 5.94. The van der Waals surface area contributed by atoms with Crippen LogP contribution >= 0.6 is 11.3 Å². The Bertz CT molecular complexity index is 547. The van der Waals surface area contributed by atoms with Crippen molar-refractivity contribution in [2.75, 3.05) is 47.4 Å². The average molecular weight is 368 g/mol. The second-order valence-electron chi connectivity index (χ2n) is 6.74. The van der Waals surface area contributed by atoms with Crippen LogP contribution < -0.4 is 5.32 Å². The molecule has 2 rings (SSSR count). The maximum absolute atomic E-state index is 5.34. The molecule has 6 nitrogen and oxygen atoms in total. The van der Waals surface area contributed by atoms with E-state index < -0.39 is 0 Å². The summed E-state index contributed by atoms with van der Waals surface area (Å²) in [6, 6.07) is 0. The maximum atomic E-state index is 5.34. The molecule has 1 saturated heterocycles. The van der Waals surface area contributed by atoms with E-state index in [1.165, 1.54) is 25.9 Å². The number of hydrogen-bond donors (Lipinski definition) is 1. The van der Waals surface area contributed by atoms with Gasteiger partial charge in [-0.1, -0.05) is 6.92 Å². The molecule has 1 aliphatic heterocycles. The van der Waals surface area contributed by atoms with Crippen LogP contribution in [0, 0.1) is 5.92 Å². The maximum Gasteiger partial charge on any atom is 0.193 e. The molecule has 0 aliphatic carbocycles. The highest BCUT2D eigenvalue weighted by atomic mass is 32.1. The minimum atomic E-state index is 0.0503. The van der Waals surface area contributed by atoms with Crippen molar-refractivity contribution in [2.24, 2.45) is 10.9 Å². The predicted molar refractivity (Wildman–Crippen MR) is 105 cm³/mol. The van der Waals surface area contributed by atoms with Gasteiger partial charge in [-0.2, -0.15) is 0 Å². The first-order valence-electron chi connectivity index (χ1n) is 9.18. The number of methoxy groups -OCH3 is 1. The highest BCUT2D eigenvalue weighted by molar-refractivity contribution is 7.09. The van der Waals surface area contributed by atoms with Gasteiger partial charge in [-0.05, 0) is 38.8 Å². The molecule has 1 aromatic heterocycles. The van der Waals surface area contributed by atoms with E-state index in [1.54, 1.807) is 18.4 Å². The SMILES string of the molecule is CCN1CCCC(CNC(=NC)N(C)Cc2csc(C(C)OC)n2)C1. The number of piperidine rings is 1. The molecule has 0 amide bonds. The molecule has 0 saturated carbocycles. The van der Waals surface area contributed by atoms with Crippen LogP contribution in [0.3, 0.4) is 0 Å². The van der Waals surface area contributed by atoms with E-state index in [-0.39, 0.29) is 6.10 Å². The van der Waals surface area contributed by atoms with Gasteiger partial charge in [0, 0.05) is 39.7 Å². The van der Waals surface area contributed by atoms with Crippen LogP contribution in [0.1, 0.15) is 43.5 Å². The number of nitrogens with zero attached hydrogens (tertiary/aromatic N) is 4. The minimum Gasteiger partial charge on any atom is -0.375 e.